The molecule has 26 heteroatoms. The van der Waals surface area contributed by atoms with Gasteiger partial charge in [-0.25, -0.2) is 4.98 Å². The number of aromatic nitrogens is 4. The number of H-pyrrole nitrogens is 3. The first kappa shape index (κ1) is 94.3. The highest BCUT2D eigenvalue weighted by Crippen LogP contribution is 2.44. The number of methoxy groups -OCH3 is 5. The maximum Gasteiger partial charge on any atom is 0.488 e. The average molecular weight is 2050 g/mol. The van der Waals surface area contributed by atoms with E-state index in [1.165, 1.54) is 74.6 Å². The molecule has 0 saturated carbocycles. The number of benzene rings is 18. The van der Waals surface area contributed by atoms with Crippen molar-refractivity contribution in [3.63, 3.8) is 0 Å². The summed E-state index contributed by atoms with van der Waals surface area (Å²) in [4.78, 5) is 35.4. The Bertz CT molecular complexity index is 9100. The van der Waals surface area contributed by atoms with Gasteiger partial charge in [0.15, 0.2) is 0 Å². The fraction of sp³-hybridized carbons (Fsp3) is 0.0424. The van der Waals surface area contributed by atoms with Crippen molar-refractivity contribution in [3.05, 3.63) is 430 Å². The maximum atomic E-state index is 11.4. The number of halogens is 2. The fourth-order valence-electron chi connectivity index (χ4n) is 17.9. The first-order valence-electron chi connectivity index (χ1n) is 45.7. The molecule has 144 heavy (non-hydrogen) atoms. The summed E-state index contributed by atoms with van der Waals surface area (Å²) in [5, 5.41) is 62.2. The molecule has 0 aliphatic heterocycles. The fourth-order valence-corrected chi connectivity index (χ4v) is 20.9. The molecule has 0 bridgehead atoms. The van der Waals surface area contributed by atoms with Gasteiger partial charge in [-0.05, 0) is 218 Å². The Labute approximate surface area is 839 Å². The molecule has 9 aromatic heterocycles. The number of para-hydroxylation sites is 5. The minimum atomic E-state index is -1.45. The summed E-state index contributed by atoms with van der Waals surface area (Å²) in [6, 6.07) is 129. The number of nitrogens with one attached hydrogen (secondary N) is 3. The first-order valence-corrected chi connectivity index (χ1v) is 48.6. The largest absolute Gasteiger partial charge is 0.497 e. The lowest BCUT2D eigenvalue weighted by Crippen LogP contribution is -2.29. The van der Waals surface area contributed by atoms with Gasteiger partial charge in [0.25, 0.3) is 11.4 Å². The normalized spacial score (nSPS) is 11.1. The van der Waals surface area contributed by atoms with Crippen LogP contribution in [0.2, 0.25) is 0 Å². The number of fused-ring (bicyclic) bond motifs is 26. The van der Waals surface area contributed by atoms with Crippen LogP contribution >= 0.6 is 39.8 Å². The molecule has 5 N–H and O–H groups in total. The van der Waals surface area contributed by atoms with Gasteiger partial charge in [0.1, 0.15) is 89.2 Å². The van der Waals surface area contributed by atoms with E-state index in [0.29, 0.717) is 27.0 Å². The van der Waals surface area contributed by atoms with Crippen molar-refractivity contribution in [2.24, 2.45) is 0 Å². The minimum Gasteiger partial charge on any atom is -0.497 e. The molecule has 27 aromatic rings. The monoisotopic (exact) mass is 2040 g/mol. The van der Waals surface area contributed by atoms with E-state index in [9.17, 15) is 20.2 Å². The number of furan rings is 5. The van der Waals surface area contributed by atoms with Crippen LogP contribution in [0.5, 0.6) is 28.7 Å². The van der Waals surface area contributed by atoms with E-state index in [4.69, 9.17) is 55.8 Å². The minimum absolute atomic E-state index is 0.00866. The SMILES string of the molecule is Brc1ccccn1.COc1ccc(-c2ccc3oc4ccccc4c3c2)c([N+](=O)[O-])c1.COc1ccc(Br)c([N+](=O)[O-])c1.COc1ccc2c(c1)[nH]c1c2ccc2oc3ccccc3c21.COc1ccc2c(c1)[nH]c1c2ccc2oc3ccccc3c21.COc1ccc2c(c1)[nH]c1cc3oc4ccccc4c3cc12.OB(O)c1ccc2oc3ccccc3c2c1.c1ccc(P(c2ccccc2)c2ccccc2)cc1. The van der Waals surface area contributed by atoms with Crippen molar-refractivity contribution in [2.75, 3.05) is 35.5 Å². The van der Waals surface area contributed by atoms with Crippen molar-refractivity contribution in [1.29, 1.82) is 0 Å². The lowest BCUT2D eigenvalue weighted by atomic mass is 9.80. The molecule has 706 valence electrons. The molecule has 9 heterocycles. The predicted octanol–water partition coefficient (Wildman–Crippen LogP) is 29.8. The lowest BCUT2D eigenvalue weighted by Gasteiger charge is -2.18. The molecule has 0 fully saturated rings. The summed E-state index contributed by atoms with van der Waals surface area (Å²) in [6.07, 6.45) is 1.74. The van der Waals surface area contributed by atoms with Gasteiger partial charge < -0.3 is 70.8 Å². The number of pyridine rings is 1. The molecule has 18 aromatic carbocycles. The number of hydrogen-bond acceptors (Lipinski definition) is 17. The number of rotatable bonds is 12. The Morgan fingerprint density at radius 1 is 0.299 bits per heavy atom. The number of nitro groups is 2. The van der Waals surface area contributed by atoms with E-state index < -0.39 is 24.9 Å². The topological polar surface area (TPSA) is 299 Å². The molecule has 0 spiro atoms. The zero-order chi connectivity index (χ0) is 99.0. The highest BCUT2D eigenvalue weighted by Gasteiger charge is 2.23. The Hall–Kier alpha value is -17.3. The average Bonchev–Trinajstić information content (AvgIpc) is 1.58. The first-order chi connectivity index (χ1) is 70.4. The van der Waals surface area contributed by atoms with Crippen LogP contribution in [0.3, 0.4) is 0 Å². The van der Waals surface area contributed by atoms with Crippen molar-refractivity contribution < 1.29 is 65.7 Å². The second kappa shape index (κ2) is 42.0. The molecule has 0 unspecified atom stereocenters. The van der Waals surface area contributed by atoms with Crippen molar-refractivity contribution in [2.45, 2.75) is 0 Å². The van der Waals surface area contributed by atoms with Gasteiger partial charge in [-0.15, -0.1) is 0 Å². The van der Waals surface area contributed by atoms with Gasteiger partial charge in [0.05, 0.1) is 111 Å². The summed E-state index contributed by atoms with van der Waals surface area (Å²) < 4.78 is 56.5. The van der Waals surface area contributed by atoms with Gasteiger partial charge in [0.2, 0.25) is 0 Å². The van der Waals surface area contributed by atoms with Crippen LogP contribution in [0.4, 0.5) is 11.4 Å². The predicted molar refractivity (Wildman–Crippen MR) is 589 cm³/mol. The summed E-state index contributed by atoms with van der Waals surface area (Å²) in [6.45, 7) is 0. The quantitative estimate of drug-likeness (QED) is 0.0250. The standard InChI is InChI=1S/C19H13NO4.3C19H13NO2.C18H15P.C12H9BO3.C7H6BrNO3.C5H4BrN/c1-23-13-7-8-14(17(11-13)20(21)22)12-6-9-19-16(10-12)15-4-2-3-5-18(15)24-19;1-21-11-6-7-12-14-9-15-13-4-2-3-5-18(13)22-19(15)10-17(14)20-16(12)8-11;2*1-21-11-6-7-12-13-8-9-17-18(19(13)20-15(12)10-11)14-4-2-3-5-16(14)22-17;1-4-10-16(11-5-1)19(17-12-6-2-7-13-17)18-14-8-3-9-15-18;14-13(15)8-5-6-12-10(7-8)9-3-1-2-4-11(9)16-12;1-12-5-2-3-6(8)7(4-5)9(10)11;6-5-3-1-2-4-7-5/h2-11H,1H3;3*2-10,20H,1H3;1-15H;1-7,14-15H;2-4H,1H3;1-4H. The second-order valence-electron chi connectivity index (χ2n) is 33.3. The van der Waals surface area contributed by atoms with E-state index in [-0.39, 0.29) is 11.4 Å². The number of ether oxygens (including phenoxy) is 5. The zero-order valence-corrected chi connectivity index (χ0v) is 81.9. The Morgan fingerprint density at radius 3 is 1.08 bits per heavy atom. The third-order valence-corrected chi connectivity index (χ3v) is 28.3. The van der Waals surface area contributed by atoms with Crippen molar-refractivity contribution in [3.8, 4) is 39.9 Å². The summed E-state index contributed by atoms with van der Waals surface area (Å²) in [7, 11) is 6.12. The molecule has 22 nitrogen and oxygen atoms in total. The molecular weight excluding hydrogens is 1960 g/mol. The summed E-state index contributed by atoms with van der Waals surface area (Å²) >= 11 is 6.26. The number of nitrogens with zero attached hydrogens (tertiary/aromatic N) is 3. The molecule has 0 radical (unpaired) electrons. The Morgan fingerprint density at radius 2 is 0.646 bits per heavy atom. The Kier molecular flexibility index (Phi) is 27.5. The molecule has 0 aliphatic rings. The van der Waals surface area contributed by atoms with Crippen molar-refractivity contribution >= 4 is 255 Å². The highest BCUT2D eigenvalue weighted by molar-refractivity contribution is 9.10. The van der Waals surface area contributed by atoms with Gasteiger partial charge >= 0.3 is 7.12 Å². The summed E-state index contributed by atoms with van der Waals surface area (Å²) in [5.74, 6) is 3.50. The summed E-state index contributed by atoms with van der Waals surface area (Å²) in [5.41, 5.74) is 17.0. The molecule has 27 rings (SSSR count). The van der Waals surface area contributed by atoms with E-state index in [1.54, 1.807) is 70.0 Å². The van der Waals surface area contributed by atoms with Crippen LogP contribution in [-0.4, -0.2) is 82.5 Å². The van der Waals surface area contributed by atoms with Crippen LogP contribution in [0.1, 0.15) is 0 Å². The molecule has 0 amide bonds. The van der Waals surface area contributed by atoms with E-state index in [1.807, 2.05) is 176 Å². The lowest BCUT2D eigenvalue weighted by molar-refractivity contribution is -0.385. The Balaban J connectivity index is 0.000000102. The van der Waals surface area contributed by atoms with Gasteiger partial charge in [-0.3, -0.25) is 20.2 Å². The zero-order valence-electron chi connectivity index (χ0n) is 77.8. The number of nitro benzene ring substituents is 2. The maximum absolute atomic E-state index is 11.4. The van der Waals surface area contributed by atoms with E-state index in [0.717, 1.165) is 170 Å². The van der Waals surface area contributed by atoms with Gasteiger partial charge in [0, 0.05) is 106 Å². The molecule has 0 atom stereocenters. The van der Waals surface area contributed by atoms with Gasteiger partial charge in [-0.1, -0.05) is 206 Å². The van der Waals surface area contributed by atoms with E-state index in [2.05, 4.69) is 216 Å². The smallest absolute Gasteiger partial charge is 0.488 e. The highest BCUT2D eigenvalue weighted by atomic mass is 79.9. The second-order valence-corrected chi connectivity index (χ2v) is 37.2. The van der Waals surface area contributed by atoms with Crippen LogP contribution in [0.25, 0.3) is 186 Å². The molecule has 0 aliphatic carbocycles. The molecule has 0 saturated heterocycles. The van der Waals surface area contributed by atoms with Crippen LogP contribution in [0.15, 0.2) is 432 Å². The number of hydrogen-bond donors (Lipinski definition) is 5. The van der Waals surface area contributed by atoms with Crippen LogP contribution in [0, 0.1) is 20.2 Å². The van der Waals surface area contributed by atoms with Crippen molar-refractivity contribution in [1.82, 2.24) is 19.9 Å². The van der Waals surface area contributed by atoms with Gasteiger partial charge in [-0.2, -0.15) is 0 Å². The third-order valence-electron chi connectivity index (χ3n) is 24.8. The molecular formula is C118H86BBr2N6O16P. The van der Waals surface area contributed by atoms with E-state index >= 15 is 0 Å². The third kappa shape index (κ3) is 19.5. The van der Waals surface area contributed by atoms with Crippen LogP contribution in [-0.2, 0) is 0 Å². The number of aromatic amines is 3. The van der Waals surface area contributed by atoms with Crippen LogP contribution < -0.4 is 45.1 Å².